The lowest BCUT2D eigenvalue weighted by Crippen LogP contribution is -2.10. The molecule has 0 nitrogen and oxygen atoms in total. The second kappa shape index (κ2) is 3.09. The monoisotopic (exact) mass is 184 g/mol. The van der Waals surface area contributed by atoms with Crippen LogP contribution in [0, 0.1) is 20.8 Å². The van der Waals surface area contributed by atoms with Crippen LogP contribution in [-0.2, 0) is 5.92 Å². The summed E-state index contributed by atoms with van der Waals surface area (Å²) < 4.78 is 26.1. The van der Waals surface area contributed by atoms with Gasteiger partial charge in [-0.3, -0.25) is 0 Å². The molecule has 0 aliphatic carbocycles. The van der Waals surface area contributed by atoms with Gasteiger partial charge in [0.2, 0.25) is 0 Å². The molecule has 0 amide bonds. The summed E-state index contributed by atoms with van der Waals surface area (Å²) in [5.74, 6) is -2.73. The second-order valence-corrected chi connectivity index (χ2v) is 3.57. The van der Waals surface area contributed by atoms with Crippen LogP contribution in [0.5, 0.6) is 0 Å². The first-order chi connectivity index (χ1) is 5.84. The molecule has 1 aromatic rings. The van der Waals surface area contributed by atoms with Crippen molar-refractivity contribution >= 4 is 0 Å². The van der Waals surface area contributed by atoms with Gasteiger partial charge in [0.15, 0.2) is 0 Å². The first kappa shape index (κ1) is 10.2. The molecule has 1 aromatic carbocycles. The third-order valence-electron chi connectivity index (χ3n) is 2.53. The van der Waals surface area contributed by atoms with Crippen LogP contribution in [0.25, 0.3) is 0 Å². The molecular formula is C11H14F2. The second-order valence-electron chi connectivity index (χ2n) is 3.57. The summed E-state index contributed by atoms with van der Waals surface area (Å²) in [6.45, 7) is 6.49. The normalized spacial score (nSPS) is 11.8. The molecule has 0 heterocycles. The van der Waals surface area contributed by atoms with Crippen molar-refractivity contribution in [3.05, 3.63) is 34.4 Å². The van der Waals surface area contributed by atoms with Crippen molar-refractivity contribution in [2.45, 2.75) is 33.6 Å². The van der Waals surface area contributed by atoms with Gasteiger partial charge < -0.3 is 0 Å². The van der Waals surface area contributed by atoms with E-state index < -0.39 is 5.92 Å². The first-order valence-corrected chi connectivity index (χ1v) is 4.29. The van der Waals surface area contributed by atoms with Gasteiger partial charge in [-0.25, -0.2) is 8.78 Å². The van der Waals surface area contributed by atoms with E-state index in [1.807, 2.05) is 13.8 Å². The van der Waals surface area contributed by atoms with Gasteiger partial charge in [0.05, 0.1) is 0 Å². The Kier molecular flexibility index (Phi) is 2.42. The molecule has 0 bridgehead atoms. The number of alkyl halides is 2. The van der Waals surface area contributed by atoms with Gasteiger partial charge in [-0.1, -0.05) is 12.1 Å². The van der Waals surface area contributed by atoms with Crippen molar-refractivity contribution in [3.8, 4) is 0 Å². The smallest absolute Gasteiger partial charge is 0.202 e. The summed E-state index contributed by atoms with van der Waals surface area (Å²) in [5, 5.41) is 0. The molecule has 0 spiro atoms. The van der Waals surface area contributed by atoms with Gasteiger partial charge in [0, 0.05) is 12.5 Å². The standard InChI is InChI=1S/C11H14F2/c1-7-5-6-10(11(4,12)13)9(3)8(7)2/h5-6H,1-4H3. The minimum Gasteiger partial charge on any atom is -0.202 e. The summed E-state index contributed by atoms with van der Waals surface area (Å²) in [6.07, 6.45) is 0. The van der Waals surface area contributed by atoms with Gasteiger partial charge in [-0.15, -0.1) is 0 Å². The van der Waals surface area contributed by atoms with Crippen LogP contribution >= 0.6 is 0 Å². The van der Waals surface area contributed by atoms with Crippen molar-refractivity contribution in [1.29, 1.82) is 0 Å². The van der Waals surface area contributed by atoms with Crippen molar-refractivity contribution < 1.29 is 8.78 Å². The lowest BCUT2D eigenvalue weighted by molar-refractivity contribution is 0.0167. The molecule has 72 valence electrons. The van der Waals surface area contributed by atoms with E-state index in [9.17, 15) is 8.78 Å². The molecule has 0 atom stereocenters. The van der Waals surface area contributed by atoms with E-state index in [0.717, 1.165) is 18.1 Å². The van der Waals surface area contributed by atoms with Gasteiger partial charge >= 0.3 is 0 Å². The van der Waals surface area contributed by atoms with E-state index in [-0.39, 0.29) is 5.56 Å². The molecule has 0 unspecified atom stereocenters. The molecule has 0 fully saturated rings. The molecule has 0 saturated carbocycles. The fourth-order valence-corrected chi connectivity index (χ4v) is 1.43. The number of hydrogen-bond acceptors (Lipinski definition) is 0. The van der Waals surface area contributed by atoms with Gasteiger partial charge in [-0.05, 0) is 37.5 Å². The zero-order valence-corrected chi connectivity index (χ0v) is 8.41. The molecule has 0 aliphatic heterocycles. The summed E-state index contributed by atoms with van der Waals surface area (Å²) in [6, 6.07) is 3.26. The third-order valence-corrected chi connectivity index (χ3v) is 2.53. The Morgan fingerprint density at radius 3 is 2.00 bits per heavy atom. The summed E-state index contributed by atoms with van der Waals surface area (Å²) in [5.41, 5.74) is 2.85. The SMILES string of the molecule is Cc1ccc(C(C)(F)F)c(C)c1C. The molecule has 1 rings (SSSR count). The van der Waals surface area contributed by atoms with Crippen LogP contribution in [0.3, 0.4) is 0 Å². The lowest BCUT2D eigenvalue weighted by atomic mass is 9.96. The molecule has 0 aromatic heterocycles. The van der Waals surface area contributed by atoms with E-state index >= 15 is 0 Å². The van der Waals surface area contributed by atoms with Crippen LogP contribution in [0.1, 0.15) is 29.2 Å². The van der Waals surface area contributed by atoms with Crippen LogP contribution < -0.4 is 0 Å². The number of benzene rings is 1. The summed E-state index contributed by atoms with van der Waals surface area (Å²) >= 11 is 0. The topological polar surface area (TPSA) is 0 Å². The molecule has 0 aliphatic rings. The quantitative estimate of drug-likeness (QED) is 0.624. The van der Waals surface area contributed by atoms with E-state index in [0.29, 0.717) is 5.56 Å². The highest BCUT2D eigenvalue weighted by Crippen LogP contribution is 2.31. The van der Waals surface area contributed by atoms with E-state index in [1.165, 1.54) is 6.07 Å². The average Bonchev–Trinajstić information content (AvgIpc) is 1.98. The van der Waals surface area contributed by atoms with Crippen LogP contribution in [0.2, 0.25) is 0 Å². The van der Waals surface area contributed by atoms with E-state index in [4.69, 9.17) is 0 Å². The fraction of sp³-hybridized carbons (Fsp3) is 0.455. The van der Waals surface area contributed by atoms with Gasteiger partial charge in [0.1, 0.15) is 0 Å². The molecule has 0 radical (unpaired) electrons. The largest absolute Gasteiger partial charge is 0.270 e. The zero-order chi connectivity index (χ0) is 10.2. The Bertz CT molecular complexity index is 322. The maximum absolute atomic E-state index is 13.0. The highest BCUT2D eigenvalue weighted by Gasteiger charge is 2.26. The maximum Gasteiger partial charge on any atom is 0.270 e. The first-order valence-electron chi connectivity index (χ1n) is 4.29. The Morgan fingerprint density at radius 1 is 1.00 bits per heavy atom. The molecule has 0 N–H and O–H groups in total. The highest BCUT2D eigenvalue weighted by atomic mass is 19.3. The number of aryl methyl sites for hydroxylation is 1. The number of halogens is 2. The summed E-state index contributed by atoms with van der Waals surface area (Å²) in [4.78, 5) is 0. The van der Waals surface area contributed by atoms with Crippen LogP contribution in [-0.4, -0.2) is 0 Å². The lowest BCUT2D eigenvalue weighted by Gasteiger charge is -2.16. The minimum atomic E-state index is -2.73. The molecule has 0 saturated heterocycles. The van der Waals surface area contributed by atoms with Crippen molar-refractivity contribution in [1.82, 2.24) is 0 Å². The Balaban J connectivity index is 3.35. The fourth-order valence-electron chi connectivity index (χ4n) is 1.43. The summed E-state index contributed by atoms with van der Waals surface area (Å²) in [7, 11) is 0. The average molecular weight is 184 g/mol. The Morgan fingerprint density at radius 2 is 1.54 bits per heavy atom. The Labute approximate surface area is 77.6 Å². The third kappa shape index (κ3) is 1.87. The number of rotatable bonds is 1. The highest BCUT2D eigenvalue weighted by molar-refractivity contribution is 5.40. The van der Waals surface area contributed by atoms with Crippen molar-refractivity contribution in [3.63, 3.8) is 0 Å². The predicted octanol–water partition coefficient (Wildman–Crippen LogP) is 3.72. The molecule has 2 heteroatoms. The van der Waals surface area contributed by atoms with E-state index in [2.05, 4.69) is 0 Å². The van der Waals surface area contributed by atoms with Crippen LogP contribution in [0.4, 0.5) is 8.78 Å². The van der Waals surface area contributed by atoms with Crippen LogP contribution in [0.15, 0.2) is 12.1 Å². The van der Waals surface area contributed by atoms with Gasteiger partial charge in [-0.2, -0.15) is 0 Å². The molecular weight excluding hydrogens is 170 g/mol. The zero-order valence-electron chi connectivity index (χ0n) is 8.41. The van der Waals surface area contributed by atoms with Crippen molar-refractivity contribution in [2.24, 2.45) is 0 Å². The van der Waals surface area contributed by atoms with Crippen molar-refractivity contribution in [2.75, 3.05) is 0 Å². The number of hydrogen-bond donors (Lipinski definition) is 0. The Hall–Kier alpha value is -0.920. The van der Waals surface area contributed by atoms with Gasteiger partial charge in [0.25, 0.3) is 5.92 Å². The molecule has 13 heavy (non-hydrogen) atoms. The predicted molar refractivity (Wildman–Crippen MR) is 50.2 cm³/mol. The maximum atomic E-state index is 13.0. The van der Waals surface area contributed by atoms with E-state index in [1.54, 1.807) is 13.0 Å². The minimum absolute atomic E-state index is 0.135.